The first-order valence-corrected chi connectivity index (χ1v) is 9.95. The summed E-state index contributed by atoms with van der Waals surface area (Å²) < 4.78 is 2.38. The van der Waals surface area contributed by atoms with Crippen molar-refractivity contribution in [1.29, 1.82) is 0 Å². The summed E-state index contributed by atoms with van der Waals surface area (Å²) in [5.74, 6) is 0. The number of nitrogens with one attached hydrogen (secondary N) is 1. The lowest BCUT2D eigenvalue weighted by molar-refractivity contribution is -0.723. The van der Waals surface area contributed by atoms with Crippen molar-refractivity contribution in [2.45, 2.75) is 84.1 Å². The molecule has 1 N–H and O–H groups in total. The topological polar surface area (TPSA) is 19.7 Å². The van der Waals surface area contributed by atoms with Crippen molar-refractivity contribution < 1.29 is 28.5 Å². The average molecular weight is 454 g/mol. The van der Waals surface area contributed by atoms with Gasteiger partial charge in [-0.15, -0.1) is 0 Å². The minimum absolute atomic E-state index is 0. The normalized spacial score (nSPS) is 11.9. The van der Waals surface area contributed by atoms with Crippen molar-refractivity contribution in [2.75, 3.05) is 0 Å². The molecule has 0 aliphatic carbocycles. The third-order valence-electron chi connectivity index (χ3n) is 5.13. The maximum atomic E-state index is 3.21. The van der Waals surface area contributed by atoms with Crippen LogP contribution in [0.2, 0.25) is 0 Å². The van der Waals surface area contributed by atoms with Gasteiger partial charge in [0.15, 0.2) is 0 Å². The Morgan fingerprint density at radius 1 is 0.920 bits per heavy atom. The summed E-state index contributed by atoms with van der Waals surface area (Å²) in [4.78, 5) is 3.21. The molecular formula is C22H35IN2. The largest absolute Gasteiger partial charge is 1.00 e. The average Bonchev–Trinajstić information content (AvgIpc) is 3.15. The fourth-order valence-electron chi connectivity index (χ4n) is 3.60. The second-order valence-electron chi connectivity index (χ2n) is 6.93. The zero-order chi connectivity index (χ0) is 17.0. The number of aromatic amines is 1. The van der Waals surface area contributed by atoms with E-state index in [9.17, 15) is 0 Å². The third-order valence-corrected chi connectivity index (χ3v) is 5.13. The summed E-state index contributed by atoms with van der Waals surface area (Å²) >= 11 is 0. The summed E-state index contributed by atoms with van der Waals surface area (Å²) in [5, 5.41) is 0. The standard InChI is InChI=1S/C22H34N2.HI/c1-3-5-6-7-8-9-14-22(24-18-17-23-19-24)16-15-21-13-11-10-12-20(21)4-2;/h10-13,17-19,22H,3-9,14-16H2,1-2H3;1H. The van der Waals surface area contributed by atoms with Crippen LogP contribution in [0, 0.1) is 0 Å². The molecule has 3 heteroatoms. The van der Waals surface area contributed by atoms with Gasteiger partial charge in [-0.2, -0.15) is 0 Å². The number of imidazole rings is 1. The highest BCUT2D eigenvalue weighted by Gasteiger charge is 2.16. The molecular weight excluding hydrogens is 419 g/mol. The lowest BCUT2D eigenvalue weighted by Gasteiger charge is -2.15. The molecule has 0 fully saturated rings. The summed E-state index contributed by atoms with van der Waals surface area (Å²) in [6.07, 6.45) is 19.4. The zero-order valence-corrected chi connectivity index (χ0v) is 18.2. The Morgan fingerprint density at radius 3 is 2.32 bits per heavy atom. The van der Waals surface area contributed by atoms with Crippen molar-refractivity contribution in [3.05, 3.63) is 54.1 Å². The van der Waals surface area contributed by atoms with E-state index in [-0.39, 0.29) is 24.0 Å². The van der Waals surface area contributed by atoms with Crippen LogP contribution >= 0.6 is 0 Å². The second-order valence-corrected chi connectivity index (χ2v) is 6.93. The maximum absolute atomic E-state index is 3.21. The molecule has 0 spiro atoms. The fourth-order valence-corrected chi connectivity index (χ4v) is 3.60. The molecule has 25 heavy (non-hydrogen) atoms. The molecule has 1 atom stereocenters. The van der Waals surface area contributed by atoms with Gasteiger partial charge in [0.05, 0.1) is 0 Å². The van der Waals surface area contributed by atoms with Crippen molar-refractivity contribution in [3.63, 3.8) is 0 Å². The van der Waals surface area contributed by atoms with Gasteiger partial charge in [-0.05, 0) is 43.2 Å². The summed E-state index contributed by atoms with van der Waals surface area (Å²) in [6, 6.07) is 9.55. The van der Waals surface area contributed by atoms with Crippen LogP contribution in [0.25, 0.3) is 0 Å². The van der Waals surface area contributed by atoms with Crippen molar-refractivity contribution in [3.8, 4) is 0 Å². The van der Waals surface area contributed by atoms with Gasteiger partial charge in [-0.1, -0.05) is 70.2 Å². The first kappa shape index (κ1) is 22.2. The van der Waals surface area contributed by atoms with Crippen molar-refractivity contribution in [2.24, 2.45) is 0 Å². The highest BCUT2D eigenvalue weighted by molar-refractivity contribution is 5.27. The quantitative estimate of drug-likeness (QED) is 0.289. The van der Waals surface area contributed by atoms with Crippen LogP contribution in [-0.4, -0.2) is 4.98 Å². The molecule has 2 aromatic rings. The highest BCUT2D eigenvalue weighted by Crippen LogP contribution is 2.20. The van der Waals surface area contributed by atoms with Crippen LogP contribution in [0.1, 0.15) is 82.4 Å². The SMILES string of the molecule is CCCCCCCCC(CCc1ccccc1CC)[n+]1cc[nH]c1.[I-]. The number of rotatable bonds is 12. The van der Waals surface area contributed by atoms with Crippen LogP contribution in [0.4, 0.5) is 0 Å². The van der Waals surface area contributed by atoms with E-state index in [1.807, 2.05) is 6.20 Å². The molecule has 1 aromatic heterocycles. The molecule has 0 radical (unpaired) electrons. The number of unbranched alkanes of at least 4 members (excludes halogenated alkanes) is 5. The van der Waals surface area contributed by atoms with Crippen LogP contribution in [0.3, 0.4) is 0 Å². The lowest BCUT2D eigenvalue weighted by atomic mass is 9.96. The number of H-pyrrole nitrogens is 1. The summed E-state index contributed by atoms with van der Waals surface area (Å²) in [6.45, 7) is 4.54. The lowest BCUT2D eigenvalue weighted by Crippen LogP contribution is -3.00. The molecule has 0 saturated carbocycles. The smallest absolute Gasteiger partial charge is 0.241 e. The van der Waals surface area contributed by atoms with E-state index >= 15 is 0 Å². The number of aryl methyl sites for hydroxylation is 2. The second kappa shape index (κ2) is 13.4. The molecule has 0 saturated heterocycles. The van der Waals surface area contributed by atoms with Gasteiger partial charge in [0.2, 0.25) is 6.33 Å². The van der Waals surface area contributed by atoms with Gasteiger partial charge >= 0.3 is 0 Å². The molecule has 2 nitrogen and oxygen atoms in total. The molecule has 1 unspecified atom stereocenters. The summed E-state index contributed by atoms with van der Waals surface area (Å²) in [5.41, 5.74) is 3.04. The van der Waals surface area contributed by atoms with Gasteiger partial charge in [-0.25, -0.2) is 4.57 Å². The molecule has 0 bridgehead atoms. The van der Waals surface area contributed by atoms with Gasteiger partial charge in [0.1, 0.15) is 18.4 Å². The number of hydrogen-bond donors (Lipinski definition) is 1. The Bertz CT molecular complexity index is 551. The first-order valence-electron chi connectivity index (χ1n) is 9.95. The minimum atomic E-state index is 0. The molecule has 0 amide bonds. The highest BCUT2D eigenvalue weighted by atomic mass is 127. The van der Waals surface area contributed by atoms with Crippen LogP contribution in [0.5, 0.6) is 0 Å². The van der Waals surface area contributed by atoms with Gasteiger partial charge in [0, 0.05) is 0 Å². The Kier molecular flexibility index (Phi) is 11.9. The van der Waals surface area contributed by atoms with E-state index in [2.05, 4.69) is 60.2 Å². The van der Waals surface area contributed by atoms with Gasteiger partial charge in [0.25, 0.3) is 0 Å². The van der Waals surface area contributed by atoms with Gasteiger partial charge in [-0.3, -0.25) is 4.98 Å². The van der Waals surface area contributed by atoms with E-state index in [0.29, 0.717) is 6.04 Å². The number of nitrogens with zero attached hydrogens (tertiary/aromatic N) is 1. The van der Waals surface area contributed by atoms with Crippen LogP contribution < -0.4 is 28.5 Å². The predicted molar refractivity (Wildman–Crippen MR) is 102 cm³/mol. The van der Waals surface area contributed by atoms with Crippen LogP contribution in [0.15, 0.2) is 43.0 Å². The Balaban J connectivity index is 0.00000312. The Labute approximate surface area is 171 Å². The summed E-state index contributed by atoms with van der Waals surface area (Å²) in [7, 11) is 0. The third kappa shape index (κ3) is 7.93. The van der Waals surface area contributed by atoms with Crippen LogP contribution in [-0.2, 0) is 12.8 Å². The number of hydrogen-bond acceptors (Lipinski definition) is 0. The van der Waals surface area contributed by atoms with E-state index < -0.39 is 0 Å². The molecule has 0 aliphatic heterocycles. The van der Waals surface area contributed by atoms with E-state index in [4.69, 9.17) is 0 Å². The monoisotopic (exact) mass is 454 g/mol. The Morgan fingerprint density at radius 2 is 1.64 bits per heavy atom. The Hall–Kier alpha value is -0.840. The molecule has 1 heterocycles. The van der Waals surface area contributed by atoms with E-state index in [0.717, 1.165) is 6.42 Å². The van der Waals surface area contributed by atoms with Crippen molar-refractivity contribution >= 4 is 0 Å². The molecule has 0 aliphatic rings. The number of benzene rings is 1. The maximum Gasteiger partial charge on any atom is 0.241 e. The number of aromatic nitrogens is 2. The van der Waals surface area contributed by atoms with E-state index in [1.165, 1.54) is 68.9 Å². The van der Waals surface area contributed by atoms with Crippen molar-refractivity contribution in [1.82, 2.24) is 4.98 Å². The molecule has 1 aromatic carbocycles. The fraction of sp³-hybridized carbons (Fsp3) is 0.591. The first-order chi connectivity index (χ1) is 11.8. The molecule has 140 valence electrons. The van der Waals surface area contributed by atoms with E-state index in [1.54, 1.807) is 0 Å². The minimum Gasteiger partial charge on any atom is -1.00 e. The number of halogens is 1. The predicted octanol–water partition coefficient (Wildman–Crippen LogP) is 2.79. The van der Waals surface area contributed by atoms with Gasteiger partial charge < -0.3 is 24.0 Å². The zero-order valence-electron chi connectivity index (χ0n) is 16.0. The molecule has 2 rings (SSSR count).